The highest BCUT2D eigenvalue weighted by Gasteiger charge is 2.30. The lowest BCUT2D eigenvalue weighted by Crippen LogP contribution is -2.45. The van der Waals surface area contributed by atoms with Crippen LogP contribution in [0.25, 0.3) is 0 Å². The smallest absolute Gasteiger partial charge is 0.0721 e. The molecule has 2 aliphatic rings. The van der Waals surface area contributed by atoms with E-state index in [1.807, 2.05) is 0 Å². The molecule has 1 saturated heterocycles. The van der Waals surface area contributed by atoms with E-state index >= 15 is 0 Å². The van der Waals surface area contributed by atoms with Crippen molar-refractivity contribution in [1.82, 2.24) is 10.2 Å². The molecule has 3 rings (SSSR count). The summed E-state index contributed by atoms with van der Waals surface area (Å²) in [5.74, 6) is 0. The van der Waals surface area contributed by atoms with Crippen LogP contribution in [-0.4, -0.2) is 36.7 Å². The van der Waals surface area contributed by atoms with E-state index < -0.39 is 0 Å². The molecule has 1 aromatic rings. The van der Waals surface area contributed by atoms with Gasteiger partial charge in [-0.2, -0.15) is 0 Å². The number of nitrogens with one attached hydrogen (secondary N) is 1. The molecule has 1 N–H and O–H groups in total. The number of rotatable bonds is 4. The van der Waals surface area contributed by atoms with Gasteiger partial charge in [0.25, 0.3) is 0 Å². The van der Waals surface area contributed by atoms with Gasteiger partial charge in [0.1, 0.15) is 0 Å². The standard InChI is InChI=1S/C17H26N2O/c1-13(2)19(10-15-7-5-9-18-15)17-12-20-11-14-6-3-4-8-16(14)17/h3-4,6,8,13,15,17-18H,5,7,9-12H2,1-2H3. The second-order valence-electron chi connectivity index (χ2n) is 6.31. The zero-order valence-electron chi connectivity index (χ0n) is 12.6. The normalized spacial score (nSPS) is 26.2. The molecule has 0 bridgehead atoms. The minimum Gasteiger partial charge on any atom is -0.375 e. The molecule has 20 heavy (non-hydrogen) atoms. The summed E-state index contributed by atoms with van der Waals surface area (Å²) in [7, 11) is 0. The summed E-state index contributed by atoms with van der Waals surface area (Å²) in [6, 6.07) is 10.3. The Morgan fingerprint density at radius 2 is 2.20 bits per heavy atom. The van der Waals surface area contributed by atoms with E-state index in [0.717, 1.165) is 19.8 Å². The van der Waals surface area contributed by atoms with E-state index in [4.69, 9.17) is 4.74 Å². The minimum atomic E-state index is 0.405. The second kappa shape index (κ2) is 6.25. The summed E-state index contributed by atoms with van der Waals surface area (Å²) in [4.78, 5) is 2.61. The Kier molecular flexibility index (Phi) is 4.39. The summed E-state index contributed by atoms with van der Waals surface area (Å²) < 4.78 is 5.84. The molecular formula is C17H26N2O. The number of nitrogens with zero attached hydrogens (tertiary/aromatic N) is 1. The molecule has 110 valence electrons. The Bertz CT molecular complexity index is 440. The van der Waals surface area contributed by atoms with E-state index in [2.05, 4.69) is 48.3 Å². The maximum Gasteiger partial charge on any atom is 0.0721 e. The molecule has 2 aliphatic heterocycles. The SMILES string of the molecule is CC(C)N(CC1CCCN1)C1COCc2ccccc21. The average Bonchev–Trinajstić information content (AvgIpc) is 2.97. The zero-order chi connectivity index (χ0) is 13.9. The van der Waals surface area contributed by atoms with E-state index in [1.165, 1.54) is 30.5 Å². The van der Waals surface area contributed by atoms with Gasteiger partial charge in [-0.05, 0) is 44.4 Å². The van der Waals surface area contributed by atoms with E-state index in [0.29, 0.717) is 18.1 Å². The van der Waals surface area contributed by atoms with Crippen LogP contribution in [-0.2, 0) is 11.3 Å². The number of hydrogen-bond donors (Lipinski definition) is 1. The largest absolute Gasteiger partial charge is 0.375 e. The van der Waals surface area contributed by atoms with Crippen molar-refractivity contribution in [2.45, 2.75) is 51.4 Å². The Morgan fingerprint density at radius 3 is 2.95 bits per heavy atom. The van der Waals surface area contributed by atoms with Gasteiger partial charge in [-0.15, -0.1) is 0 Å². The van der Waals surface area contributed by atoms with Crippen LogP contribution in [0.15, 0.2) is 24.3 Å². The van der Waals surface area contributed by atoms with Gasteiger partial charge in [0.05, 0.1) is 19.3 Å². The molecule has 0 aliphatic carbocycles. The van der Waals surface area contributed by atoms with Crippen molar-refractivity contribution in [3.63, 3.8) is 0 Å². The Labute approximate surface area is 122 Å². The first-order chi connectivity index (χ1) is 9.75. The molecule has 0 aromatic heterocycles. The molecule has 0 spiro atoms. The highest BCUT2D eigenvalue weighted by Crippen LogP contribution is 2.31. The van der Waals surface area contributed by atoms with Crippen molar-refractivity contribution < 1.29 is 4.74 Å². The van der Waals surface area contributed by atoms with E-state index in [1.54, 1.807) is 0 Å². The molecule has 0 saturated carbocycles. The fourth-order valence-electron chi connectivity index (χ4n) is 3.50. The lowest BCUT2D eigenvalue weighted by molar-refractivity contribution is 0.0161. The molecule has 0 amide bonds. The van der Waals surface area contributed by atoms with Gasteiger partial charge in [0.2, 0.25) is 0 Å². The first-order valence-electron chi connectivity index (χ1n) is 7.90. The first kappa shape index (κ1) is 14.1. The topological polar surface area (TPSA) is 24.5 Å². The number of benzene rings is 1. The molecule has 1 fully saturated rings. The predicted octanol–water partition coefficient (Wildman–Crippen LogP) is 2.72. The molecule has 1 aromatic carbocycles. The third kappa shape index (κ3) is 2.90. The first-order valence-corrected chi connectivity index (χ1v) is 7.90. The maximum absolute atomic E-state index is 5.84. The van der Waals surface area contributed by atoms with Gasteiger partial charge < -0.3 is 10.1 Å². The summed E-state index contributed by atoms with van der Waals surface area (Å²) in [6.07, 6.45) is 2.62. The molecule has 2 atom stereocenters. The van der Waals surface area contributed by atoms with Crippen molar-refractivity contribution in [2.24, 2.45) is 0 Å². The van der Waals surface area contributed by atoms with Crippen LogP contribution in [0.5, 0.6) is 0 Å². The van der Waals surface area contributed by atoms with Gasteiger partial charge in [-0.1, -0.05) is 24.3 Å². The molecule has 0 radical (unpaired) electrons. The van der Waals surface area contributed by atoms with Gasteiger partial charge in [0, 0.05) is 18.6 Å². The molecule has 2 heterocycles. The van der Waals surface area contributed by atoms with Crippen molar-refractivity contribution >= 4 is 0 Å². The zero-order valence-corrected chi connectivity index (χ0v) is 12.6. The predicted molar refractivity (Wildman–Crippen MR) is 81.7 cm³/mol. The number of ether oxygens (including phenoxy) is 1. The molecule has 3 heteroatoms. The summed E-state index contributed by atoms with van der Waals surface area (Å²) in [5, 5.41) is 3.62. The summed E-state index contributed by atoms with van der Waals surface area (Å²) >= 11 is 0. The van der Waals surface area contributed by atoms with Crippen molar-refractivity contribution in [2.75, 3.05) is 19.7 Å². The van der Waals surface area contributed by atoms with Gasteiger partial charge in [-0.25, -0.2) is 0 Å². The van der Waals surface area contributed by atoms with Crippen molar-refractivity contribution in [3.05, 3.63) is 35.4 Å². The summed E-state index contributed by atoms with van der Waals surface area (Å²) in [6.45, 7) is 8.48. The van der Waals surface area contributed by atoms with Gasteiger partial charge >= 0.3 is 0 Å². The van der Waals surface area contributed by atoms with Crippen LogP contribution < -0.4 is 5.32 Å². The van der Waals surface area contributed by atoms with Crippen LogP contribution in [0.3, 0.4) is 0 Å². The third-order valence-corrected chi connectivity index (χ3v) is 4.60. The van der Waals surface area contributed by atoms with E-state index in [-0.39, 0.29) is 0 Å². The monoisotopic (exact) mass is 274 g/mol. The van der Waals surface area contributed by atoms with Crippen LogP contribution in [0.1, 0.15) is 43.9 Å². The van der Waals surface area contributed by atoms with Gasteiger partial charge in [-0.3, -0.25) is 4.90 Å². The van der Waals surface area contributed by atoms with Crippen molar-refractivity contribution in [1.29, 1.82) is 0 Å². The molecular weight excluding hydrogens is 248 g/mol. The Hall–Kier alpha value is -0.900. The molecule has 2 unspecified atom stereocenters. The molecule has 3 nitrogen and oxygen atoms in total. The lowest BCUT2D eigenvalue weighted by Gasteiger charge is -2.39. The van der Waals surface area contributed by atoms with E-state index in [9.17, 15) is 0 Å². The third-order valence-electron chi connectivity index (χ3n) is 4.60. The quantitative estimate of drug-likeness (QED) is 0.913. The second-order valence-corrected chi connectivity index (χ2v) is 6.31. The van der Waals surface area contributed by atoms with Crippen LogP contribution >= 0.6 is 0 Å². The Balaban J connectivity index is 1.80. The number of fused-ring (bicyclic) bond motifs is 1. The number of hydrogen-bond acceptors (Lipinski definition) is 3. The Morgan fingerprint density at radius 1 is 1.35 bits per heavy atom. The highest BCUT2D eigenvalue weighted by atomic mass is 16.5. The maximum atomic E-state index is 5.84. The highest BCUT2D eigenvalue weighted by molar-refractivity contribution is 5.31. The van der Waals surface area contributed by atoms with Crippen molar-refractivity contribution in [3.8, 4) is 0 Å². The minimum absolute atomic E-state index is 0.405. The fraction of sp³-hybridized carbons (Fsp3) is 0.647. The van der Waals surface area contributed by atoms with Crippen LogP contribution in [0.4, 0.5) is 0 Å². The fourth-order valence-corrected chi connectivity index (χ4v) is 3.50. The summed E-state index contributed by atoms with van der Waals surface area (Å²) in [5.41, 5.74) is 2.82. The van der Waals surface area contributed by atoms with Gasteiger partial charge in [0.15, 0.2) is 0 Å². The average molecular weight is 274 g/mol. The van der Waals surface area contributed by atoms with Crippen LogP contribution in [0.2, 0.25) is 0 Å². The lowest BCUT2D eigenvalue weighted by atomic mass is 9.96. The van der Waals surface area contributed by atoms with Crippen LogP contribution in [0, 0.1) is 0 Å².